The molecule has 2 aromatic carbocycles. The number of nitrogens with zero attached hydrogens (tertiary/aromatic N) is 2. The summed E-state index contributed by atoms with van der Waals surface area (Å²) in [6, 6.07) is 8.29. The van der Waals surface area contributed by atoms with Crippen LogP contribution in [-0.4, -0.2) is 37.0 Å². The number of benzene rings is 2. The van der Waals surface area contributed by atoms with E-state index >= 15 is 0 Å². The molecule has 0 spiro atoms. The number of piperazine rings is 1. The van der Waals surface area contributed by atoms with Crippen LogP contribution in [0, 0.1) is 5.92 Å². The van der Waals surface area contributed by atoms with Crippen molar-refractivity contribution in [1.29, 1.82) is 0 Å². The minimum atomic E-state index is -4.51. The van der Waals surface area contributed by atoms with Gasteiger partial charge in [0.05, 0.1) is 16.8 Å². The van der Waals surface area contributed by atoms with Crippen molar-refractivity contribution in [1.82, 2.24) is 4.90 Å². The molecule has 0 radical (unpaired) electrons. The quantitative estimate of drug-likeness (QED) is 0.458. The molecule has 2 aromatic rings. The van der Waals surface area contributed by atoms with E-state index in [1.54, 1.807) is 16.7 Å². The molecule has 1 amide bonds. The third-order valence-electron chi connectivity index (χ3n) is 5.77. The topological polar surface area (TPSA) is 23.6 Å². The summed E-state index contributed by atoms with van der Waals surface area (Å²) in [5.41, 5.74) is -0.788. The average molecular weight is 493 g/mol. The number of carbonyl (C=O) groups excluding carboxylic acids is 1. The summed E-state index contributed by atoms with van der Waals surface area (Å²) in [6.07, 6.45) is -8.00. The number of amides is 1. The van der Waals surface area contributed by atoms with Crippen molar-refractivity contribution >= 4 is 23.2 Å². The molecule has 3 nitrogen and oxygen atoms in total. The molecule has 10 heteroatoms. The van der Waals surface area contributed by atoms with E-state index in [-0.39, 0.29) is 48.7 Å². The number of hydrogen-bond donors (Lipinski definition) is 0. The Labute approximate surface area is 192 Å². The third-order valence-corrected chi connectivity index (χ3v) is 6.00. The Morgan fingerprint density at radius 1 is 0.939 bits per heavy atom. The highest BCUT2D eigenvalue weighted by molar-refractivity contribution is 6.30. The number of rotatable bonds is 5. The van der Waals surface area contributed by atoms with Crippen molar-refractivity contribution in [3.8, 4) is 0 Å². The van der Waals surface area contributed by atoms with Crippen molar-refractivity contribution in [2.75, 3.05) is 31.1 Å². The van der Waals surface area contributed by atoms with Crippen LogP contribution in [0.4, 0.5) is 32.0 Å². The first-order valence-electron chi connectivity index (χ1n) is 10.4. The van der Waals surface area contributed by atoms with Gasteiger partial charge in [0, 0.05) is 37.1 Å². The normalized spacial score (nSPS) is 16.1. The second-order valence-corrected chi connectivity index (χ2v) is 8.54. The lowest BCUT2D eigenvalue weighted by Gasteiger charge is -2.38. The minimum Gasteiger partial charge on any atom is -0.367 e. The molecule has 0 unspecified atom stereocenters. The van der Waals surface area contributed by atoms with Crippen LogP contribution in [0.3, 0.4) is 0 Å². The van der Waals surface area contributed by atoms with Gasteiger partial charge in [0.25, 0.3) is 0 Å². The van der Waals surface area contributed by atoms with Gasteiger partial charge in [-0.1, -0.05) is 30.7 Å². The highest BCUT2D eigenvalue weighted by atomic mass is 35.5. The fraction of sp³-hybridized carbons (Fsp3) is 0.435. The maximum Gasteiger partial charge on any atom is 0.418 e. The fourth-order valence-electron chi connectivity index (χ4n) is 3.85. The molecule has 1 aliphatic heterocycles. The molecular formula is C23H23ClF6N2O. The summed E-state index contributed by atoms with van der Waals surface area (Å²) in [7, 11) is 0. The van der Waals surface area contributed by atoms with Crippen molar-refractivity contribution in [2.45, 2.75) is 32.1 Å². The lowest BCUT2D eigenvalue weighted by molar-refractivity contribution is -0.138. The Balaban J connectivity index is 1.56. The van der Waals surface area contributed by atoms with Crippen molar-refractivity contribution in [3.05, 3.63) is 64.2 Å². The average Bonchev–Trinajstić information content (AvgIpc) is 2.76. The number of hydrogen-bond acceptors (Lipinski definition) is 2. The zero-order chi connectivity index (χ0) is 24.4. The number of carbonyl (C=O) groups is 1. The number of aryl methyl sites for hydroxylation is 1. The lowest BCUT2D eigenvalue weighted by Crippen LogP contribution is -2.50. The molecule has 1 fully saturated rings. The Bertz CT molecular complexity index is 966. The van der Waals surface area contributed by atoms with Crippen LogP contribution in [0.5, 0.6) is 0 Å². The Hall–Kier alpha value is -2.42. The Kier molecular flexibility index (Phi) is 7.51. The third kappa shape index (κ3) is 6.34. The molecule has 0 N–H and O–H groups in total. The van der Waals surface area contributed by atoms with Crippen LogP contribution in [0.25, 0.3) is 0 Å². The predicted molar refractivity (Wildman–Crippen MR) is 114 cm³/mol. The second kappa shape index (κ2) is 9.83. The van der Waals surface area contributed by atoms with Crippen molar-refractivity contribution in [2.24, 2.45) is 5.92 Å². The molecule has 1 atom stereocenters. The van der Waals surface area contributed by atoms with Gasteiger partial charge in [-0.3, -0.25) is 4.79 Å². The van der Waals surface area contributed by atoms with Gasteiger partial charge in [0.1, 0.15) is 0 Å². The first kappa shape index (κ1) is 25.2. The second-order valence-electron chi connectivity index (χ2n) is 8.11. The molecule has 1 heterocycles. The van der Waals surface area contributed by atoms with Gasteiger partial charge in [-0.05, 0) is 48.7 Å². The predicted octanol–water partition coefficient (Wildman–Crippen LogP) is 6.30. The van der Waals surface area contributed by atoms with Crippen LogP contribution in [-0.2, 0) is 23.6 Å². The van der Waals surface area contributed by atoms with Gasteiger partial charge in [-0.15, -0.1) is 0 Å². The maximum atomic E-state index is 13.4. The van der Waals surface area contributed by atoms with Crippen LogP contribution in [0.2, 0.25) is 5.02 Å². The molecule has 0 aromatic heterocycles. The number of alkyl halides is 6. The highest BCUT2D eigenvalue weighted by Crippen LogP contribution is 2.38. The monoisotopic (exact) mass is 492 g/mol. The maximum absolute atomic E-state index is 13.4. The summed E-state index contributed by atoms with van der Waals surface area (Å²) in [5.74, 6) is -0.487. The fourth-order valence-corrected chi connectivity index (χ4v) is 4.02. The first-order valence-corrected chi connectivity index (χ1v) is 10.8. The van der Waals surface area contributed by atoms with Gasteiger partial charge in [0.2, 0.25) is 5.91 Å². The zero-order valence-electron chi connectivity index (χ0n) is 17.8. The zero-order valence-corrected chi connectivity index (χ0v) is 18.6. The highest BCUT2D eigenvalue weighted by Gasteiger charge is 2.36. The van der Waals surface area contributed by atoms with Crippen LogP contribution >= 0.6 is 11.6 Å². The van der Waals surface area contributed by atoms with Gasteiger partial charge in [0.15, 0.2) is 0 Å². The largest absolute Gasteiger partial charge is 0.418 e. The summed E-state index contributed by atoms with van der Waals surface area (Å²) in [6.45, 7) is 2.76. The van der Waals surface area contributed by atoms with E-state index < -0.39 is 23.5 Å². The van der Waals surface area contributed by atoms with E-state index in [2.05, 4.69) is 0 Å². The number of halogens is 7. The van der Waals surface area contributed by atoms with Gasteiger partial charge >= 0.3 is 12.4 Å². The summed E-state index contributed by atoms with van der Waals surface area (Å²) in [5, 5.41) is 0.202. The molecular weight excluding hydrogens is 470 g/mol. The standard InChI is InChI=1S/C23H23ClF6N2O/c1-15(2-3-16-4-6-17(7-5-16)22(25,26)27)21(33)32-12-10-31(11-13-32)20-14-18(24)8-9-19(20)23(28,29)30/h4-9,14-15H,2-3,10-13H2,1H3/t15-/m0/s1. The Morgan fingerprint density at radius 2 is 1.55 bits per heavy atom. The molecule has 1 aliphatic rings. The summed E-state index contributed by atoms with van der Waals surface area (Å²) < 4.78 is 78.1. The van der Waals surface area contributed by atoms with E-state index in [1.165, 1.54) is 24.3 Å². The molecule has 3 rings (SSSR count). The van der Waals surface area contributed by atoms with Gasteiger partial charge < -0.3 is 9.80 Å². The van der Waals surface area contributed by atoms with Gasteiger partial charge in [-0.2, -0.15) is 26.3 Å². The molecule has 0 saturated carbocycles. The van der Waals surface area contributed by atoms with Crippen LogP contribution in [0.15, 0.2) is 42.5 Å². The van der Waals surface area contributed by atoms with Crippen LogP contribution in [0.1, 0.15) is 30.0 Å². The van der Waals surface area contributed by atoms with E-state index in [1.807, 2.05) is 0 Å². The molecule has 180 valence electrons. The van der Waals surface area contributed by atoms with E-state index in [0.29, 0.717) is 18.4 Å². The molecule has 0 aliphatic carbocycles. The number of anilines is 1. The molecule has 33 heavy (non-hydrogen) atoms. The summed E-state index contributed by atoms with van der Waals surface area (Å²) >= 11 is 5.91. The van der Waals surface area contributed by atoms with E-state index in [9.17, 15) is 31.1 Å². The van der Waals surface area contributed by atoms with Crippen LogP contribution < -0.4 is 4.90 Å². The smallest absolute Gasteiger partial charge is 0.367 e. The lowest BCUT2D eigenvalue weighted by atomic mass is 9.98. The molecule has 0 bridgehead atoms. The first-order chi connectivity index (χ1) is 15.4. The van der Waals surface area contributed by atoms with Crippen molar-refractivity contribution < 1.29 is 31.1 Å². The van der Waals surface area contributed by atoms with E-state index in [0.717, 1.165) is 18.2 Å². The minimum absolute atomic E-state index is 0.00236. The Morgan fingerprint density at radius 3 is 2.09 bits per heavy atom. The SMILES string of the molecule is C[C@@H](CCc1ccc(C(F)(F)F)cc1)C(=O)N1CCN(c2cc(Cl)ccc2C(F)(F)F)CC1. The van der Waals surface area contributed by atoms with Gasteiger partial charge in [-0.25, -0.2) is 0 Å². The van der Waals surface area contributed by atoms with Crippen molar-refractivity contribution in [3.63, 3.8) is 0 Å². The van der Waals surface area contributed by atoms with E-state index in [4.69, 9.17) is 11.6 Å². The summed E-state index contributed by atoms with van der Waals surface area (Å²) in [4.78, 5) is 16.0. The molecule has 1 saturated heterocycles.